The molecule has 1 aromatic heterocycles. The topological polar surface area (TPSA) is 30.0 Å². The summed E-state index contributed by atoms with van der Waals surface area (Å²) >= 11 is 3.15. The molecule has 0 saturated heterocycles. The Bertz CT molecular complexity index is 598. The van der Waals surface area contributed by atoms with Crippen molar-refractivity contribution in [1.29, 1.82) is 0 Å². The van der Waals surface area contributed by atoms with Gasteiger partial charge in [-0.15, -0.1) is 0 Å². The number of ketones is 1. The molecule has 0 atom stereocenters. The Morgan fingerprint density at radius 1 is 1.33 bits per heavy atom. The summed E-state index contributed by atoms with van der Waals surface area (Å²) < 4.78 is 13.7. The molecule has 0 aliphatic heterocycles. The number of halogens is 2. The summed E-state index contributed by atoms with van der Waals surface area (Å²) in [6.45, 7) is 1.83. The van der Waals surface area contributed by atoms with Crippen LogP contribution in [0.4, 0.5) is 4.39 Å². The van der Waals surface area contributed by atoms with Gasteiger partial charge in [0.1, 0.15) is 11.5 Å². The number of Topliss-reactive ketones (excluding diaryl/α,β-unsaturated/α-hetero) is 1. The number of aryl methyl sites for hydroxylation is 1. The largest absolute Gasteiger partial charge is 0.292 e. The summed E-state index contributed by atoms with van der Waals surface area (Å²) in [4.78, 5) is 16.2. The molecule has 0 N–H and O–H groups in total. The van der Waals surface area contributed by atoms with Gasteiger partial charge in [0.15, 0.2) is 5.78 Å². The van der Waals surface area contributed by atoms with Gasteiger partial charge in [0.05, 0.1) is 4.47 Å². The normalized spacial score (nSPS) is 10.4. The third-order valence-corrected chi connectivity index (χ3v) is 3.54. The van der Waals surface area contributed by atoms with Gasteiger partial charge < -0.3 is 0 Å². The number of hydrogen-bond acceptors (Lipinski definition) is 2. The summed E-state index contributed by atoms with van der Waals surface area (Å²) in [7, 11) is 0. The van der Waals surface area contributed by atoms with Crippen LogP contribution in [0.1, 0.15) is 21.6 Å². The second-order valence-electron chi connectivity index (χ2n) is 3.98. The van der Waals surface area contributed by atoms with Crippen LogP contribution in [0.5, 0.6) is 0 Å². The van der Waals surface area contributed by atoms with Crippen molar-refractivity contribution >= 4 is 21.7 Å². The molecule has 0 amide bonds. The molecule has 0 bridgehead atoms. The molecule has 0 aliphatic carbocycles. The van der Waals surface area contributed by atoms with E-state index >= 15 is 0 Å². The Kier molecular flexibility index (Phi) is 3.87. The molecule has 18 heavy (non-hydrogen) atoms. The highest BCUT2D eigenvalue weighted by Crippen LogP contribution is 2.22. The molecule has 4 heteroatoms. The number of carbonyl (C=O) groups excluding carboxylic acids is 1. The lowest BCUT2D eigenvalue weighted by Gasteiger charge is -2.06. The van der Waals surface area contributed by atoms with Crippen LogP contribution < -0.4 is 0 Å². The highest BCUT2D eigenvalue weighted by Gasteiger charge is 2.14. The van der Waals surface area contributed by atoms with Gasteiger partial charge in [-0.2, -0.15) is 0 Å². The first-order valence-corrected chi connectivity index (χ1v) is 6.26. The predicted octanol–water partition coefficient (Wildman–Crippen LogP) is 3.72. The SMILES string of the molecule is Cc1cccnc1C(=O)Cc1cccc(F)c1Br. The van der Waals surface area contributed by atoms with E-state index in [2.05, 4.69) is 20.9 Å². The molecular weight excluding hydrogens is 297 g/mol. The molecule has 0 fully saturated rings. The fraction of sp³-hybridized carbons (Fsp3) is 0.143. The van der Waals surface area contributed by atoms with Gasteiger partial charge in [-0.05, 0) is 46.1 Å². The number of benzene rings is 1. The first-order valence-electron chi connectivity index (χ1n) is 5.47. The van der Waals surface area contributed by atoms with E-state index < -0.39 is 0 Å². The van der Waals surface area contributed by atoms with Crippen LogP contribution in [0.25, 0.3) is 0 Å². The maximum atomic E-state index is 13.3. The van der Waals surface area contributed by atoms with Crippen LogP contribution in [-0.2, 0) is 6.42 Å². The van der Waals surface area contributed by atoms with Gasteiger partial charge in [-0.25, -0.2) is 4.39 Å². The molecule has 0 spiro atoms. The Balaban J connectivity index is 2.27. The van der Waals surface area contributed by atoms with Gasteiger partial charge in [-0.3, -0.25) is 9.78 Å². The maximum Gasteiger partial charge on any atom is 0.185 e. The number of carbonyl (C=O) groups is 1. The van der Waals surface area contributed by atoms with Crippen molar-refractivity contribution in [3.05, 3.63) is 63.6 Å². The van der Waals surface area contributed by atoms with Crippen LogP contribution in [0.3, 0.4) is 0 Å². The standard InChI is InChI=1S/C14H11BrFNO/c1-9-4-3-7-17-14(9)12(18)8-10-5-2-6-11(16)13(10)15/h2-7H,8H2,1H3. The van der Waals surface area contributed by atoms with Gasteiger partial charge in [0, 0.05) is 12.6 Å². The summed E-state index contributed by atoms with van der Waals surface area (Å²) in [5, 5.41) is 0. The summed E-state index contributed by atoms with van der Waals surface area (Å²) in [6.07, 6.45) is 1.72. The van der Waals surface area contributed by atoms with Gasteiger partial charge in [0.25, 0.3) is 0 Å². The van der Waals surface area contributed by atoms with Crippen molar-refractivity contribution in [2.75, 3.05) is 0 Å². The summed E-state index contributed by atoms with van der Waals surface area (Å²) in [5.74, 6) is -0.475. The van der Waals surface area contributed by atoms with Crippen molar-refractivity contribution in [2.45, 2.75) is 13.3 Å². The molecule has 2 aromatic rings. The smallest absolute Gasteiger partial charge is 0.185 e. The molecule has 2 rings (SSSR count). The fourth-order valence-electron chi connectivity index (χ4n) is 1.72. The van der Waals surface area contributed by atoms with E-state index in [1.54, 1.807) is 24.4 Å². The van der Waals surface area contributed by atoms with Crippen LogP contribution >= 0.6 is 15.9 Å². The average molecular weight is 308 g/mol. The zero-order valence-corrected chi connectivity index (χ0v) is 11.4. The fourth-order valence-corrected chi connectivity index (χ4v) is 2.12. The van der Waals surface area contributed by atoms with E-state index in [4.69, 9.17) is 0 Å². The van der Waals surface area contributed by atoms with E-state index in [-0.39, 0.29) is 18.0 Å². The molecule has 2 nitrogen and oxygen atoms in total. The minimum atomic E-state index is -0.363. The lowest BCUT2D eigenvalue weighted by Crippen LogP contribution is -2.08. The van der Waals surface area contributed by atoms with E-state index in [0.717, 1.165) is 5.56 Å². The van der Waals surface area contributed by atoms with E-state index in [1.807, 2.05) is 13.0 Å². The third-order valence-electron chi connectivity index (χ3n) is 2.66. The maximum absolute atomic E-state index is 13.3. The van der Waals surface area contributed by atoms with Crippen LogP contribution in [0.2, 0.25) is 0 Å². The molecule has 1 heterocycles. The zero-order valence-electron chi connectivity index (χ0n) is 9.78. The Morgan fingerprint density at radius 3 is 2.83 bits per heavy atom. The number of rotatable bonds is 3. The molecule has 0 radical (unpaired) electrons. The van der Waals surface area contributed by atoms with Crippen molar-refractivity contribution in [3.63, 3.8) is 0 Å². The Hall–Kier alpha value is -1.55. The molecule has 0 unspecified atom stereocenters. The van der Waals surface area contributed by atoms with Crippen molar-refractivity contribution < 1.29 is 9.18 Å². The van der Waals surface area contributed by atoms with E-state index in [9.17, 15) is 9.18 Å². The highest BCUT2D eigenvalue weighted by atomic mass is 79.9. The minimum absolute atomic E-state index is 0.112. The number of nitrogens with zero attached hydrogens (tertiary/aromatic N) is 1. The van der Waals surface area contributed by atoms with Gasteiger partial charge in [-0.1, -0.05) is 18.2 Å². The second-order valence-corrected chi connectivity index (χ2v) is 4.77. The number of hydrogen-bond donors (Lipinski definition) is 0. The summed E-state index contributed by atoms with van der Waals surface area (Å²) in [5.41, 5.74) is 1.90. The number of aromatic nitrogens is 1. The van der Waals surface area contributed by atoms with Crippen LogP contribution in [0.15, 0.2) is 41.0 Å². The monoisotopic (exact) mass is 307 g/mol. The van der Waals surface area contributed by atoms with Crippen LogP contribution in [0, 0.1) is 12.7 Å². The molecule has 92 valence electrons. The van der Waals surface area contributed by atoms with Gasteiger partial charge in [0.2, 0.25) is 0 Å². The zero-order chi connectivity index (χ0) is 13.1. The van der Waals surface area contributed by atoms with Crippen molar-refractivity contribution in [2.24, 2.45) is 0 Å². The molecule has 1 aromatic carbocycles. The van der Waals surface area contributed by atoms with Gasteiger partial charge >= 0.3 is 0 Å². The third kappa shape index (κ3) is 2.64. The average Bonchev–Trinajstić information content (AvgIpc) is 2.35. The van der Waals surface area contributed by atoms with Crippen LogP contribution in [-0.4, -0.2) is 10.8 Å². The quantitative estimate of drug-likeness (QED) is 0.809. The lowest BCUT2D eigenvalue weighted by atomic mass is 10.0. The summed E-state index contributed by atoms with van der Waals surface area (Å²) in [6, 6.07) is 8.28. The molecule has 0 saturated carbocycles. The van der Waals surface area contributed by atoms with Crippen molar-refractivity contribution in [3.8, 4) is 0 Å². The lowest BCUT2D eigenvalue weighted by molar-refractivity contribution is 0.0987. The van der Waals surface area contributed by atoms with Crippen molar-refractivity contribution in [1.82, 2.24) is 4.98 Å². The molecular formula is C14H11BrFNO. The first kappa shape index (κ1) is 12.9. The first-order chi connectivity index (χ1) is 8.59. The minimum Gasteiger partial charge on any atom is -0.292 e. The molecule has 0 aliphatic rings. The number of pyridine rings is 1. The highest BCUT2D eigenvalue weighted by molar-refractivity contribution is 9.10. The predicted molar refractivity (Wildman–Crippen MR) is 71.1 cm³/mol. The van der Waals surface area contributed by atoms with E-state index in [0.29, 0.717) is 15.7 Å². The Labute approximate surface area is 113 Å². The Morgan fingerprint density at radius 2 is 2.11 bits per heavy atom. The van der Waals surface area contributed by atoms with E-state index in [1.165, 1.54) is 6.07 Å². The second kappa shape index (κ2) is 5.40.